The summed E-state index contributed by atoms with van der Waals surface area (Å²) in [6, 6.07) is 9.00. The average Bonchev–Trinajstić information content (AvgIpc) is 3.07. The van der Waals surface area contributed by atoms with Crippen LogP contribution >= 0.6 is 0 Å². The minimum atomic E-state index is -4.61. The Bertz CT molecular complexity index is 750. The van der Waals surface area contributed by atoms with E-state index in [1.807, 2.05) is 19.2 Å². The van der Waals surface area contributed by atoms with Gasteiger partial charge in [0.15, 0.2) is 5.76 Å². The van der Waals surface area contributed by atoms with Gasteiger partial charge in [-0.2, -0.15) is 13.2 Å². The fourth-order valence-electron chi connectivity index (χ4n) is 2.70. The van der Waals surface area contributed by atoms with E-state index in [2.05, 4.69) is 19.5 Å². The van der Waals surface area contributed by atoms with Crippen molar-refractivity contribution in [2.45, 2.75) is 6.18 Å². The molecular weight excluding hydrogens is 335 g/mol. The van der Waals surface area contributed by atoms with Gasteiger partial charge in [0.1, 0.15) is 0 Å². The van der Waals surface area contributed by atoms with Crippen molar-refractivity contribution in [3.05, 3.63) is 47.9 Å². The first-order valence-corrected chi connectivity index (χ1v) is 7.85. The van der Waals surface area contributed by atoms with E-state index in [4.69, 9.17) is 0 Å². The minimum absolute atomic E-state index is 0.375. The van der Waals surface area contributed by atoms with Gasteiger partial charge >= 0.3 is 6.18 Å². The Morgan fingerprint density at radius 3 is 2.40 bits per heavy atom. The van der Waals surface area contributed by atoms with Crippen LogP contribution in [0.2, 0.25) is 0 Å². The Morgan fingerprint density at radius 1 is 1.08 bits per heavy atom. The van der Waals surface area contributed by atoms with Gasteiger partial charge in [0, 0.05) is 26.2 Å². The fourth-order valence-corrected chi connectivity index (χ4v) is 2.70. The number of likely N-dealkylation sites (N-methyl/N-ethyl adjacent to an activating group) is 1. The molecule has 1 aliphatic rings. The van der Waals surface area contributed by atoms with Crippen LogP contribution in [0.1, 0.15) is 16.3 Å². The standard InChI is InChI=1S/C17H18F3N3O2/c1-22-8-10-23(11-9-22)13-5-3-2-4-12(13)21-16(24)14-6-7-15(25-14)17(18,19)20/h2-7H,8-11H2,1H3,(H,21,24). The number of carbonyl (C=O) groups excluding carboxylic acids is 1. The van der Waals surface area contributed by atoms with Gasteiger partial charge < -0.3 is 19.5 Å². The van der Waals surface area contributed by atoms with E-state index in [1.165, 1.54) is 0 Å². The first-order chi connectivity index (χ1) is 11.8. The molecule has 1 fully saturated rings. The van der Waals surface area contributed by atoms with Crippen LogP contribution in [0.3, 0.4) is 0 Å². The van der Waals surface area contributed by atoms with Crippen molar-refractivity contribution in [2.24, 2.45) is 0 Å². The Kier molecular flexibility index (Phi) is 4.71. The third-order valence-corrected chi connectivity index (χ3v) is 4.11. The molecule has 1 saturated heterocycles. The first-order valence-electron chi connectivity index (χ1n) is 7.85. The monoisotopic (exact) mass is 353 g/mol. The van der Waals surface area contributed by atoms with E-state index in [0.29, 0.717) is 5.69 Å². The summed E-state index contributed by atoms with van der Waals surface area (Å²) in [7, 11) is 2.04. The van der Waals surface area contributed by atoms with Crippen LogP contribution < -0.4 is 10.2 Å². The number of nitrogens with zero attached hydrogens (tertiary/aromatic N) is 2. The second-order valence-corrected chi connectivity index (χ2v) is 5.92. The molecule has 2 heterocycles. The zero-order chi connectivity index (χ0) is 18.0. The molecule has 1 amide bonds. The second kappa shape index (κ2) is 6.79. The Labute approximate surface area is 143 Å². The summed E-state index contributed by atoms with van der Waals surface area (Å²) in [6.07, 6.45) is -4.61. The zero-order valence-electron chi connectivity index (χ0n) is 13.6. The van der Waals surface area contributed by atoms with Gasteiger partial charge in [-0.15, -0.1) is 0 Å². The number of anilines is 2. The third-order valence-electron chi connectivity index (χ3n) is 4.11. The van der Waals surface area contributed by atoms with Gasteiger partial charge in [0.2, 0.25) is 5.76 Å². The van der Waals surface area contributed by atoms with Gasteiger partial charge in [-0.1, -0.05) is 12.1 Å². The number of carbonyl (C=O) groups is 1. The van der Waals surface area contributed by atoms with Crippen LogP contribution in [0.15, 0.2) is 40.8 Å². The van der Waals surface area contributed by atoms with Gasteiger partial charge in [0.25, 0.3) is 5.91 Å². The van der Waals surface area contributed by atoms with Crippen molar-refractivity contribution in [1.29, 1.82) is 0 Å². The fraction of sp³-hybridized carbons (Fsp3) is 0.353. The quantitative estimate of drug-likeness (QED) is 0.920. The lowest BCUT2D eigenvalue weighted by Crippen LogP contribution is -2.44. The van der Waals surface area contributed by atoms with E-state index in [0.717, 1.165) is 44.0 Å². The molecule has 1 aromatic carbocycles. The van der Waals surface area contributed by atoms with Gasteiger partial charge in [-0.05, 0) is 31.3 Å². The molecule has 0 radical (unpaired) electrons. The van der Waals surface area contributed by atoms with Gasteiger partial charge in [-0.3, -0.25) is 4.79 Å². The Hall–Kier alpha value is -2.48. The lowest BCUT2D eigenvalue weighted by molar-refractivity contribution is -0.153. The molecule has 0 unspecified atom stereocenters. The summed E-state index contributed by atoms with van der Waals surface area (Å²) in [5.74, 6) is -2.28. The molecule has 0 atom stereocenters. The number of para-hydroxylation sites is 2. The Balaban J connectivity index is 1.77. The highest BCUT2D eigenvalue weighted by Crippen LogP contribution is 2.31. The number of rotatable bonds is 3. The lowest BCUT2D eigenvalue weighted by Gasteiger charge is -2.35. The minimum Gasteiger partial charge on any atom is -0.446 e. The van der Waals surface area contributed by atoms with E-state index >= 15 is 0 Å². The molecule has 0 spiro atoms. The zero-order valence-corrected chi connectivity index (χ0v) is 13.6. The maximum Gasteiger partial charge on any atom is 0.449 e. The smallest absolute Gasteiger partial charge is 0.446 e. The largest absolute Gasteiger partial charge is 0.449 e. The number of furan rings is 1. The maximum absolute atomic E-state index is 12.6. The molecular formula is C17H18F3N3O2. The molecule has 0 bridgehead atoms. The molecule has 0 aliphatic carbocycles. The number of hydrogen-bond donors (Lipinski definition) is 1. The predicted molar refractivity (Wildman–Crippen MR) is 87.8 cm³/mol. The van der Waals surface area contributed by atoms with Crippen molar-refractivity contribution in [3.63, 3.8) is 0 Å². The summed E-state index contributed by atoms with van der Waals surface area (Å²) in [5, 5.41) is 2.64. The molecule has 1 N–H and O–H groups in total. The van der Waals surface area contributed by atoms with Crippen LogP contribution in [0.5, 0.6) is 0 Å². The molecule has 1 aliphatic heterocycles. The van der Waals surface area contributed by atoms with E-state index in [9.17, 15) is 18.0 Å². The molecule has 134 valence electrons. The highest BCUT2D eigenvalue weighted by Gasteiger charge is 2.35. The first kappa shape index (κ1) is 17.3. The number of benzene rings is 1. The topological polar surface area (TPSA) is 48.7 Å². The number of hydrogen-bond acceptors (Lipinski definition) is 4. The third kappa shape index (κ3) is 3.96. The van der Waals surface area contributed by atoms with Gasteiger partial charge in [0.05, 0.1) is 11.4 Å². The number of amides is 1. The van der Waals surface area contributed by atoms with Gasteiger partial charge in [-0.25, -0.2) is 0 Å². The number of nitrogens with one attached hydrogen (secondary N) is 1. The maximum atomic E-state index is 12.6. The Morgan fingerprint density at radius 2 is 1.76 bits per heavy atom. The second-order valence-electron chi connectivity index (χ2n) is 5.92. The highest BCUT2D eigenvalue weighted by atomic mass is 19.4. The lowest BCUT2D eigenvalue weighted by atomic mass is 10.2. The van der Waals surface area contributed by atoms with Crippen molar-refractivity contribution >= 4 is 17.3 Å². The van der Waals surface area contributed by atoms with Crippen LogP contribution in [0, 0.1) is 0 Å². The van der Waals surface area contributed by atoms with E-state index in [-0.39, 0.29) is 5.76 Å². The van der Waals surface area contributed by atoms with Crippen LogP contribution in [0.4, 0.5) is 24.5 Å². The number of piperazine rings is 1. The number of alkyl halides is 3. The summed E-state index contributed by atoms with van der Waals surface area (Å²) in [5.41, 5.74) is 1.38. The number of halogens is 3. The predicted octanol–water partition coefficient (Wildman–Crippen LogP) is 3.30. The summed E-state index contributed by atoms with van der Waals surface area (Å²) in [6.45, 7) is 3.41. The summed E-state index contributed by atoms with van der Waals surface area (Å²) >= 11 is 0. The molecule has 0 saturated carbocycles. The average molecular weight is 353 g/mol. The van der Waals surface area contributed by atoms with E-state index < -0.39 is 17.8 Å². The van der Waals surface area contributed by atoms with Crippen LogP contribution in [-0.2, 0) is 6.18 Å². The summed E-state index contributed by atoms with van der Waals surface area (Å²) in [4.78, 5) is 16.6. The van der Waals surface area contributed by atoms with Crippen molar-refractivity contribution in [1.82, 2.24) is 4.90 Å². The molecule has 1 aromatic heterocycles. The molecule has 3 rings (SSSR count). The van der Waals surface area contributed by atoms with E-state index in [1.54, 1.807) is 12.1 Å². The van der Waals surface area contributed by atoms with Crippen molar-refractivity contribution < 1.29 is 22.4 Å². The molecule has 25 heavy (non-hydrogen) atoms. The molecule has 8 heteroatoms. The van der Waals surface area contributed by atoms with Crippen molar-refractivity contribution in [2.75, 3.05) is 43.4 Å². The molecule has 2 aromatic rings. The van der Waals surface area contributed by atoms with Crippen LogP contribution in [0.25, 0.3) is 0 Å². The summed E-state index contributed by atoms with van der Waals surface area (Å²) < 4.78 is 42.4. The van der Waals surface area contributed by atoms with Crippen molar-refractivity contribution in [3.8, 4) is 0 Å². The SMILES string of the molecule is CN1CCN(c2ccccc2NC(=O)c2ccc(C(F)(F)F)o2)CC1. The van der Waals surface area contributed by atoms with Crippen LogP contribution in [-0.4, -0.2) is 44.0 Å². The highest BCUT2D eigenvalue weighted by molar-refractivity contribution is 6.04. The normalized spacial score (nSPS) is 16.1. The molecule has 5 nitrogen and oxygen atoms in total.